The van der Waals surface area contributed by atoms with E-state index in [-0.39, 0.29) is 11.9 Å². The van der Waals surface area contributed by atoms with Gasteiger partial charge in [-0.2, -0.15) is 26.3 Å². The molecule has 176 valence electrons. The summed E-state index contributed by atoms with van der Waals surface area (Å²) in [5, 5.41) is 4.57. The first-order chi connectivity index (χ1) is 15.3. The predicted octanol–water partition coefficient (Wildman–Crippen LogP) is 5.26. The number of halogens is 6. The highest BCUT2D eigenvalue weighted by Crippen LogP contribution is 2.36. The van der Waals surface area contributed by atoms with E-state index < -0.39 is 35.4 Å². The molecule has 1 aliphatic rings. The lowest BCUT2D eigenvalue weighted by atomic mass is 10.0. The lowest BCUT2D eigenvalue weighted by molar-refractivity contribution is -0.162. The summed E-state index contributed by atoms with van der Waals surface area (Å²) < 4.78 is 79.1. The van der Waals surface area contributed by atoms with Crippen molar-refractivity contribution in [2.45, 2.75) is 44.2 Å². The molecule has 2 aromatic rings. The average molecular weight is 470 g/mol. The third-order valence-electron chi connectivity index (χ3n) is 5.21. The van der Waals surface area contributed by atoms with Crippen molar-refractivity contribution < 1.29 is 35.9 Å². The molecule has 2 amide bonds. The molecule has 1 aliphatic carbocycles. The van der Waals surface area contributed by atoms with Crippen LogP contribution in [-0.2, 0) is 22.2 Å². The predicted molar refractivity (Wildman–Crippen MR) is 109 cm³/mol. The second-order valence-corrected chi connectivity index (χ2v) is 7.69. The van der Waals surface area contributed by atoms with Crippen LogP contribution in [0, 0.1) is 0 Å². The number of hydrogen-bond donors (Lipinski definition) is 2. The van der Waals surface area contributed by atoms with Crippen LogP contribution in [0.3, 0.4) is 0 Å². The minimum Gasteiger partial charge on any atom is -0.350 e. The largest absolute Gasteiger partial charge is 0.416 e. The molecule has 0 aliphatic heterocycles. The second-order valence-electron chi connectivity index (χ2n) is 7.69. The third kappa shape index (κ3) is 6.15. The molecule has 0 fully saturated rings. The van der Waals surface area contributed by atoms with Crippen LogP contribution in [-0.4, -0.2) is 18.0 Å². The van der Waals surface area contributed by atoms with Gasteiger partial charge in [-0.1, -0.05) is 30.3 Å². The van der Waals surface area contributed by atoms with E-state index in [0.29, 0.717) is 30.5 Å². The van der Waals surface area contributed by atoms with Crippen LogP contribution in [0.5, 0.6) is 0 Å². The molecule has 0 saturated carbocycles. The summed E-state index contributed by atoms with van der Waals surface area (Å²) in [7, 11) is 0. The highest BCUT2D eigenvalue weighted by atomic mass is 19.4. The molecule has 2 N–H and O–H groups in total. The summed E-state index contributed by atoms with van der Waals surface area (Å²) >= 11 is 0. The fourth-order valence-corrected chi connectivity index (χ4v) is 3.75. The number of alkyl halides is 6. The van der Waals surface area contributed by atoms with Crippen LogP contribution in [0.25, 0.3) is 6.08 Å². The maximum atomic E-state index is 13.5. The fourth-order valence-electron chi connectivity index (χ4n) is 3.75. The zero-order valence-electron chi connectivity index (χ0n) is 17.3. The normalized spacial score (nSPS) is 17.0. The lowest BCUT2D eigenvalue weighted by Gasteiger charge is -2.22. The topological polar surface area (TPSA) is 58.2 Å². The highest BCUT2D eigenvalue weighted by molar-refractivity contribution is 5.92. The van der Waals surface area contributed by atoms with E-state index in [1.165, 1.54) is 13.0 Å². The Morgan fingerprint density at radius 3 is 2.42 bits per heavy atom. The monoisotopic (exact) mass is 470 g/mol. The Labute approximate surface area is 185 Å². The summed E-state index contributed by atoms with van der Waals surface area (Å²) in [6.07, 6.45) is -6.19. The van der Waals surface area contributed by atoms with E-state index in [0.717, 1.165) is 29.3 Å². The molecule has 33 heavy (non-hydrogen) atoms. The van der Waals surface area contributed by atoms with Gasteiger partial charge in [-0.25, -0.2) is 0 Å². The van der Waals surface area contributed by atoms with E-state index >= 15 is 0 Å². The smallest absolute Gasteiger partial charge is 0.350 e. The molecule has 0 heterocycles. The molecule has 2 aromatic carbocycles. The zero-order valence-corrected chi connectivity index (χ0v) is 17.3. The number of nitrogens with one attached hydrogen (secondary N) is 2. The molecule has 0 spiro atoms. The first-order valence-corrected chi connectivity index (χ1v) is 9.97. The van der Waals surface area contributed by atoms with E-state index in [2.05, 4.69) is 5.32 Å². The van der Waals surface area contributed by atoms with E-state index in [4.69, 9.17) is 0 Å². The molecule has 0 radical (unpaired) electrons. The number of fused-ring (bicyclic) bond motifs is 1. The van der Waals surface area contributed by atoms with Crippen molar-refractivity contribution in [3.8, 4) is 0 Å². The minimum absolute atomic E-state index is 0.112. The Balaban J connectivity index is 1.75. The maximum absolute atomic E-state index is 13.5. The second kappa shape index (κ2) is 9.29. The van der Waals surface area contributed by atoms with Crippen molar-refractivity contribution >= 4 is 17.9 Å². The van der Waals surface area contributed by atoms with Gasteiger partial charge >= 0.3 is 12.4 Å². The van der Waals surface area contributed by atoms with Crippen LogP contribution < -0.4 is 10.6 Å². The third-order valence-corrected chi connectivity index (χ3v) is 5.21. The fraction of sp³-hybridized carbons (Fsp3) is 0.304. The van der Waals surface area contributed by atoms with Gasteiger partial charge in [0.1, 0.15) is 0 Å². The van der Waals surface area contributed by atoms with E-state index in [9.17, 15) is 35.9 Å². The van der Waals surface area contributed by atoms with Crippen LogP contribution in [0.4, 0.5) is 26.3 Å². The molecule has 0 bridgehead atoms. The van der Waals surface area contributed by atoms with Gasteiger partial charge in [0.25, 0.3) is 0 Å². The van der Waals surface area contributed by atoms with Gasteiger partial charge in [-0.15, -0.1) is 0 Å². The summed E-state index contributed by atoms with van der Waals surface area (Å²) in [4.78, 5) is 23.4. The number of rotatable bonds is 5. The van der Waals surface area contributed by atoms with Crippen LogP contribution in [0.15, 0.2) is 48.5 Å². The van der Waals surface area contributed by atoms with Gasteiger partial charge in [-0.3, -0.25) is 9.59 Å². The molecule has 4 nitrogen and oxygen atoms in total. The number of benzene rings is 2. The molecular formula is C23H20F6N2O2. The molecule has 2 unspecified atom stereocenters. The van der Waals surface area contributed by atoms with Crippen LogP contribution >= 0.6 is 0 Å². The maximum Gasteiger partial charge on any atom is 0.416 e. The summed E-state index contributed by atoms with van der Waals surface area (Å²) in [5.74, 6) is -1.26. The van der Waals surface area contributed by atoms with E-state index in [1.807, 2.05) is 0 Å². The SMILES string of the molecule is CC(=O)NC1CCc2cc(C=CC(=O)NC(c3cccc(C(F)(F)F)c3)C(F)(F)F)ccc21. The lowest BCUT2D eigenvalue weighted by Crippen LogP contribution is -2.37. The summed E-state index contributed by atoms with van der Waals surface area (Å²) in [5.41, 5.74) is 0.493. The molecule has 3 rings (SSSR count). The van der Waals surface area contributed by atoms with Crippen molar-refractivity contribution in [2.24, 2.45) is 0 Å². The first-order valence-electron chi connectivity index (χ1n) is 9.97. The number of amides is 2. The molecule has 0 saturated heterocycles. The van der Waals surface area contributed by atoms with Gasteiger partial charge in [0.05, 0.1) is 11.6 Å². The van der Waals surface area contributed by atoms with Crippen molar-refractivity contribution in [2.75, 3.05) is 0 Å². The first kappa shape index (κ1) is 24.3. The van der Waals surface area contributed by atoms with Crippen molar-refractivity contribution in [1.29, 1.82) is 0 Å². The van der Waals surface area contributed by atoms with Crippen LogP contribution in [0.2, 0.25) is 0 Å². The van der Waals surface area contributed by atoms with Crippen LogP contribution in [0.1, 0.15) is 53.2 Å². The Bertz CT molecular complexity index is 1080. The number of carbonyl (C=O) groups excluding carboxylic acids is 2. The summed E-state index contributed by atoms with van der Waals surface area (Å²) in [6.45, 7) is 1.42. The Kier molecular flexibility index (Phi) is 6.85. The molecule has 2 atom stereocenters. The number of hydrogen-bond acceptors (Lipinski definition) is 2. The van der Waals surface area contributed by atoms with Crippen molar-refractivity contribution in [3.63, 3.8) is 0 Å². The zero-order chi connectivity index (χ0) is 24.4. The van der Waals surface area contributed by atoms with Gasteiger partial charge in [0.15, 0.2) is 6.04 Å². The summed E-state index contributed by atoms with van der Waals surface area (Å²) in [6, 6.07) is 5.26. The van der Waals surface area contributed by atoms with Crippen molar-refractivity contribution in [3.05, 3.63) is 76.4 Å². The van der Waals surface area contributed by atoms with Gasteiger partial charge < -0.3 is 10.6 Å². The van der Waals surface area contributed by atoms with Gasteiger partial charge in [0.2, 0.25) is 11.8 Å². The molecule has 0 aromatic heterocycles. The standard InChI is InChI=1S/C23H20F6N2O2/c1-13(32)30-19-9-7-15-11-14(5-8-18(15)19)6-10-20(33)31-21(23(27,28)29)16-3-2-4-17(12-16)22(24,25)26/h2-6,8,10-12,19,21H,7,9H2,1H3,(H,30,32)(H,31,33). The quantitative estimate of drug-likeness (QED) is 0.463. The highest BCUT2D eigenvalue weighted by Gasteiger charge is 2.42. The van der Waals surface area contributed by atoms with Gasteiger partial charge in [0, 0.05) is 13.0 Å². The molecule has 10 heteroatoms. The minimum atomic E-state index is -5.00. The van der Waals surface area contributed by atoms with E-state index in [1.54, 1.807) is 23.5 Å². The average Bonchev–Trinajstić information content (AvgIpc) is 3.10. The molecular weight excluding hydrogens is 450 g/mol. The Hall–Kier alpha value is -3.30. The van der Waals surface area contributed by atoms with Gasteiger partial charge in [-0.05, 0) is 53.3 Å². The number of carbonyl (C=O) groups is 2. The number of aryl methyl sites for hydroxylation is 1. The van der Waals surface area contributed by atoms with Crippen molar-refractivity contribution in [1.82, 2.24) is 10.6 Å². The Morgan fingerprint density at radius 1 is 1.06 bits per heavy atom. The Morgan fingerprint density at radius 2 is 1.79 bits per heavy atom.